The van der Waals surface area contributed by atoms with E-state index in [0.717, 1.165) is 30.2 Å². The summed E-state index contributed by atoms with van der Waals surface area (Å²) in [5, 5.41) is 3.54. The minimum Gasteiger partial charge on any atom is -0.452 e. The van der Waals surface area contributed by atoms with Crippen molar-refractivity contribution in [2.45, 2.75) is 26.2 Å². The molecule has 0 saturated carbocycles. The summed E-state index contributed by atoms with van der Waals surface area (Å²) in [5.41, 5.74) is 4.25. The number of aryl methyl sites for hydroxylation is 1. The van der Waals surface area contributed by atoms with Crippen LogP contribution in [0.15, 0.2) is 42.5 Å². The number of fused-ring (bicyclic) bond motifs is 3. The van der Waals surface area contributed by atoms with Crippen molar-refractivity contribution in [2.24, 2.45) is 5.92 Å². The van der Waals surface area contributed by atoms with E-state index >= 15 is 0 Å². The van der Waals surface area contributed by atoms with Gasteiger partial charge in [0.1, 0.15) is 5.82 Å². The molecule has 4 rings (SSSR count). The third kappa shape index (κ3) is 3.76. The molecule has 1 amide bonds. The molecule has 28 heavy (non-hydrogen) atoms. The summed E-state index contributed by atoms with van der Waals surface area (Å²) in [6.07, 6.45) is 3.17. The summed E-state index contributed by atoms with van der Waals surface area (Å²) in [4.78, 5) is 27.8. The summed E-state index contributed by atoms with van der Waals surface area (Å²) in [7, 11) is 0. The van der Waals surface area contributed by atoms with Gasteiger partial charge in [0.15, 0.2) is 6.61 Å². The maximum atomic E-state index is 13.2. The van der Waals surface area contributed by atoms with E-state index in [1.807, 2.05) is 12.1 Å². The average Bonchev–Trinajstić information content (AvgIpc) is 3.03. The number of anilines is 1. The molecule has 1 unspecified atom stereocenters. The van der Waals surface area contributed by atoms with Crippen LogP contribution in [0.25, 0.3) is 10.9 Å². The quantitative estimate of drug-likeness (QED) is 0.666. The SMILES string of the molecule is CC1CCc2[nH]c3ccc(C(=O)OCC(=O)Nc4cccc(F)c4)cc3c2C1. The van der Waals surface area contributed by atoms with Gasteiger partial charge in [-0.15, -0.1) is 0 Å². The van der Waals surface area contributed by atoms with Gasteiger partial charge in [0.2, 0.25) is 0 Å². The number of esters is 1. The fourth-order valence-corrected chi connectivity index (χ4v) is 3.70. The third-order valence-corrected chi connectivity index (χ3v) is 5.11. The van der Waals surface area contributed by atoms with Crippen LogP contribution in [0.5, 0.6) is 0 Å². The zero-order chi connectivity index (χ0) is 19.7. The molecular weight excluding hydrogens is 359 g/mol. The average molecular weight is 380 g/mol. The van der Waals surface area contributed by atoms with Gasteiger partial charge in [0.05, 0.1) is 5.56 Å². The van der Waals surface area contributed by atoms with Gasteiger partial charge in [-0.1, -0.05) is 13.0 Å². The highest BCUT2D eigenvalue weighted by Crippen LogP contribution is 2.32. The number of carbonyl (C=O) groups excluding carboxylic acids is 2. The van der Waals surface area contributed by atoms with Crippen molar-refractivity contribution in [3.63, 3.8) is 0 Å². The lowest BCUT2D eigenvalue weighted by molar-refractivity contribution is -0.119. The summed E-state index contributed by atoms with van der Waals surface area (Å²) >= 11 is 0. The topological polar surface area (TPSA) is 71.2 Å². The van der Waals surface area contributed by atoms with Gasteiger partial charge in [0, 0.05) is 22.3 Å². The van der Waals surface area contributed by atoms with Gasteiger partial charge in [-0.25, -0.2) is 9.18 Å². The fraction of sp³-hybridized carbons (Fsp3) is 0.273. The van der Waals surface area contributed by atoms with Crippen molar-refractivity contribution < 1.29 is 18.7 Å². The predicted molar refractivity (Wildman–Crippen MR) is 105 cm³/mol. The van der Waals surface area contributed by atoms with Crippen LogP contribution in [0.4, 0.5) is 10.1 Å². The number of H-pyrrole nitrogens is 1. The smallest absolute Gasteiger partial charge is 0.338 e. The molecule has 0 aliphatic heterocycles. The predicted octanol–water partition coefficient (Wildman–Crippen LogP) is 4.23. The Labute approximate surface area is 161 Å². The van der Waals surface area contributed by atoms with E-state index in [1.54, 1.807) is 12.1 Å². The molecule has 2 N–H and O–H groups in total. The molecule has 1 aromatic heterocycles. The molecule has 1 heterocycles. The first-order valence-corrected chi connectivity index (χ1v) is 9.35. The molecule has 1 aliphatic carbocycles. The second-order valence-electron chi connectivity index (χ2n) is 7.33. The number of benzene rings is 2. The van der Waals surface area contributed by atoms with Crippen LogP contribution in [0, 0.1) is 11.7 Å². The zero-order valence-corrected chi connectivity index (χ0v) is 15.5. The number of aromatic amines is 1. The Balaban J connectivity index is 1.44. The van der Waals surface area contributed by atoms with Crippen LogP contribution in [-0.2, 0) is 22.4 Å². The van der Waals surface area contributed by atoms with E-state index < -0.39 is 24.3 Å². The highest BCUT2D eigenvalue weighted by molar-refractivity contribution is 5.98. The van der Waals surface area contributed by atoms with Crippen LogP contribution in [0.1, 0.15) is 35.0 Å². The van der Waals surface area contributed by atoms with Crippen molar-refractivity contribution >= 4 is 28.5 Å². The molecule has 1 aliphatic rings. The van der Waals surface area contributed by atoms with Gasteiger partial charge in [0.25, 0.3) is 5.91 Å². The number of carbonyl (C=O) groups is 2. The van der Waals surface area contributed by atoms with E-state index in [0.29, 0.717) is 17.2 Å². The van der Waals surface area contributed by atoms with E-state index in [1.165, 1.54) is 29.5 Å². The molecule has 0 fully saturated rings. The molecular formula is C22H21FN2O3. The fourth-order valence-electron chi connectivity index (χ4n) is 3.70. The Morgan fingerprint density at radius 2 is 2.11 bits per heavy atom. The van der Waals surface area contributed by atoms with Crippen molar-refractivity contribution in [3.05, 3.63) is 65.1 Å². The van der Waals surface area contributed by atoms with Crippen LogP contribution < -0.4 is 5.32 Å². The summed E-state index contributed by atoms with van der Waals surface area (Å²) in [6.45, 7) is 1.80. The first-order chi connectivity index (χ1) is 13.5. The lowest BCUT2D eigenvalue weighted by Crippen LogP contribution is -2.21. The number of aromatic nitrogens is 1. The second-order valence-corrected chi connectivity index (χ2v) is 7.33. The first-order valence-electron chi connectivity index (χ1n) is 9.35. The lowest BCUT2D eigenvalue weighted by Gasteiger charge is -2.18. The number of hydrogen-bond acceptors (Lipinski definition) is 3. The molecule has 5 nitrogen and oxygen atoms in total. The van der Waals surface area contributed by atoms with Crippen LogP contribution in [-0.4, -0.2) is 23.5 Å². The monoisotopic (exact) mass is 380 g/mol. The number of amides is 1. The molecule has 144 valence electrons. The van der Waals surface area contributed by atoms with E-state index in [4.69, 9.17) is 4.74 Å². The lowest BCUT2D eigenvalue weighted by atomic mass is 9.87. The summed E-state index contributed by atoms with van der Waals surface area (Å²) < 4.78 is 18.3. The first kappa shape index (κ1) is 18.2. The van der Waals surface area contributed by atoms with Gasteiger partial charge in [-0.3, -0.25) is 4.79 Å². The molecule has 6 heteroatoms. The van der Waals surface area contributed by atoms with Gasteiger partial charge in [-0.2, -0.15) is 0 Å². The van der Waals surface area contributed by atoms with E-state index in [-0.39, 0.29) is 0 Å². The van der Waals surface area contributed by atoms with Crippen molar-refractivity contribution in [1.82, 2.24) is 4.98 Å². The molecule has 2 aromatic carbocycles. The molecule has 1 atom stereocenters. The van der Waals surface area contributed by atoms with Crippen molar-refractivity contribution in [2.75, 3.05) is 11.9 Å². The Morgan fingerprint density at radius 1 is 1.25 bits per heavy atom. The normalized spacial score (nSPS) is 15.9. The number of rotatable bonds is 4. The Kier molecular flexibility index (Phi) is 4.86. The highest BCUT2D eigenvalue weighted by Gasteiger charge is 2.21. The molecule has 3 aromatic rings. The van der Waals surface area contributed by atoms with Gasteiger partial charge >= 0.3 is 5.97 Å². The Morgan fingerprint density at radius 3 is 2.93 bits per heavy atom. The Hall–Kier alpha value is -3.15. The van der Waals surface area contributed by atoms with E-state index in [9.17, 15) is 14.0 Å². The van der Waals surface area contributed by atoms with Crippen molar-refractivity contribution in [3.8, 4) is 0 Å². The van der Waals surface area contributed by atoms with Crippen molar-refractivity contribution in [1.29, 1.82) is 0 Å². The molecule has 0 bridgehead atoms. The van der Waals surface area contributed by atoms with Crippen LogP contribution in [0.3, 0.4) is 0 Å². The number of ether oxygens (including phenoxy) is 1. The molecule has 0 radical (unpaired) electrons. The minimum absolute atomic E-state index is 0.315. The second kappa shape index (κ2) is 7.46. The largest absolute Gasteiger partial charge is 0.452 e. The Bertz CT molecular complexity index is 1060. The third-order valence-electron chi connectivity index (χ3n) is 5.11. The number of hydrogen-bond donors (Lipinski definition) is 2. The van der Waals surface area contributed by atoms with Gasteiger partial charge < -0.3 is 15.0 Å². The maximum absolute atomic E-state index is 13.2. The maximum Gasteiger partial charge on any atom is 0.338 e. The van der Waals surface area contributed by atoms with E-state index in [2.05, 4.69) is 17.2 Å². The standard InChI is InChI=1S/C22H21FN2O3/c1-13-5-7-19-17(9-13)18-10-14(6-8-20(18)25-19)22(27)28-12-21(26)24-16-4-2-3-15(23)11-16/h2-4,6,8,10-11,13,25H,5,7,9,12H2,1H3,(H,24,26). The zero-order valence-electron chi connectivity index (χ0n) is 15.5. The van der Waals surface area contributed by atoms with Crippen LogP contribution in [0.2, 0.25) is 0 Å². The van der Waals surface area contributed by atoms with Crippen LogP contribution >= 0.6 is 0 Å². The molecule has 0 saturated heterocycles. The molecule has 0 spiro atoms. The highest BCUT2D eigenvalue weighted by atomic mass is 19.1. The van der Waals surface area contributed by atoms with Gasteiger partial charge in [-0.05, 0) is 67.1 Å². The number of nitrogens with one attached hydrogen (secondary N) is 2. The summed E-state index contributed by atoms with van der Waals surface area (Å²) in [5.74, 6) is -0.913. The number of halogens is 1. The summed E-state index contributed by atoms with van der Waals surface area (Å²) in [6, 6.07) is 10.9. The minimum atomic E-state index is -0.560.